The second kappa shape index (κ2) is 5.68. The lowest BCUT2D eigenvalue weighted by Crippen LogP contribution is -2.65. The van der Waals surface area contributed by atoms with Crippen molar-refractivity contribution in [1.82, 2.24) is 10.9 Å². The first kappa shape index (κ1) is 13.5. The van der Waals surface area contributed by atoms with Gasteiger partial charge in [0.25, 0.3) is 0 Å². The minimum atomic E-state index is -1.43. The summed E-state index contributed by atoms with van der Waals surface area (Å²) in [4.78, 5) is 0. The standard InChI is InChI=1S/C7H15N3O5S/c8-7(16)10-9-6-5(14)4(13)3(12)2(1-11)15-6/h2-6,9,11-14H,1H2,(H3,8,10,16)/t2-,3-,4+,5+,6?/m1/s1. The average Bonchev–Trinajstić information content (AvgIpc) is 2.25. The molecule has 0 aromatic rings. The molecule has 0 aromatic carbocycles. The molecule has 1 heterocycles. The van der Waals surface area contributed by atoms with Crippen molar-refractivity contribution in [2.24, 2.45) is 5.73 Å². The summed E-state index contributed by atoms with van der Waals surface area (Å²) in [6.45, 7) is -0.490. The van der Waals surface area contributed by atoms with E-state index in [-0.39, 0.29) is 5.11 Å². The van der Waals surface area contributed by atoms with E-state index in [0.717, 1.165) is 0 Å². The Morgan fingerprint density at radius 1 is 1.25 bits per heavy atom. The van der Waals surface area contributed by atoms with E-state index in [4.69, 9.17) is 15.6 Å². The van der Waals surface area contributed by atoms with E-state index >= 15 is 0 Å². The Labute approximate surface area is 97.0 Å². The highest BCUT2D eigenvalue weighted by Crippen LogP contribution is 2.19. The van der Waals surface area contributed by atoms with Crippen LogP contribution in [-0.4, -0.2) is 62.8 Å². The molecule has 1 unspecified atom stereocenters. The predicted octanol–water partition coefficient (Wildman–Crippen LogP) is -3.88. The quantitative estimate of drug-likeness (QED) is 0.199. The van der Waals surface area contributed by atoms with Gasteiger partial charge in [0.1, 0.15) is 24.4 Å². The van der Waals surface area contributed by atoms with Gasteiger partial charge in [-0.25, -0.2) is 5.43 Å². The molecule has 1 aliphatic heterocycles. The van der Waals surface area contributed by atoms with Crippen LogP contribution in [0.5, 0.6) is 0 Å². The van der Waals surface area contributed by atoms with Crippen LogP contribution in [0.1, 0.15) is 0 Å². The molecule has 0 amide bonds. The monoisotopic (exact) mass is 253 g/mol. The van der Waals surface area contributed by atoms with E-state index in [9.17, 15) is 15.3 Å². The highest BCUT2D eigenvalue weighted by atomic mass is 32.1. The Morgan fingerprint density at radius 2 is 1.88 bits per heavy atom. The summed E-state index contributed by atoms with van der Waals surface area (Å²) in [5.74, 6) is 0. The van der Waals surface area contributed by atoms with Gasteiger partial charge in [-0.05, 0) is 12.2 Å². The van der Waals surface area contributed by atoms with Gasteiger partial charge in [-0.3, -0.25) is 5.43 Å². The Balaban J connectivity index is 2.60. The van der Waals surface area contributed by atoms with Crippen LogP contribution in [0, 0.1) is 0 Å². The zero-order chi connectivity index (χ0) is 12.3. The van der Waals surface area contributed by atoms with Gasteiger partial charge in [0, 0.05) is 0 Å². The molecule has 1 saturated heterocycles. The zero-order valence-corrected chi connectivity index (χ0v) is 9.09. The molecule has 0 saturated carbocycles. The smallest absolute Gasteiger partial charge is 0.178 e. The SMILES string of the molecule is NC(=S)NNC1O[C@H](CO)[C@@H](O)[C@H](O)[C@@H]1O. The van der Waals surface area contributed by atoms with Gasteiger partial charge in [-0.2, -0.15) is 0 Å². The maximum atomic E-state index is 9.53. The molecule has 0 aromatic heterocycles. The first-order valence-electron chi connectivity index (χ1n) is 4.59. The Morgan fingerprint density at radius 3 is 2.38 bits per heavy atom. The molecule has 0 radical (unpaired) electrons. The van der Waals surface area contributed by atoms with Gasteiger partial charge >= 0.3 is 0 Å². The number of hydrazine groups is 1. The van der Waals surface area contributed by atoms with Crippen LogP contribution in [0.2, 0.25) is 0 Å². The van der Waals surface area contributed by atoms with Crippen LogP contribution in [0.15, 0.2) is 0 Å². The van der Waals surface area contributed by atoms with Crippen molar-refractivity contribution in [2.75, 3.05) is 6.61 Å². The maximum absolute atomic E-state index is 9.53. The van der Waals surface area contributed by atoms with Crippen LogP contribution in [-0.2, 0) is 4.74 Å². The van der Waals surface area contributed by atoms with Crippen molar-refractivity contribution >= 4 is 17.3 Å². The molecule has 1 fully saturated rings. The third-order valence-electron chi connectivity index (χ3n) is 2.23. The fraction of sp³-hybridized carbons (Fsp3) is 0.857. The van der Waals surface area contributed by atoms with Crippen LogP contribution < -0.4 is 16.6 Å². The van der Waals surface area contributed by atoms with Gasteiger partial charge in [-0.15, -0.1) is 0 Å². The summed E-state index contributed by atoms with van der Waals surface area (Å²) in [7, 11) is 0. The van der Waals surface area contributed by atoms with Gasteiger partial charge in [0.2, 0.25) is 0 Å². The number of ether oxygens (including phenoxy) is 1. The molecule has 1 rings (SSSR count). The Kier molecular flexibility index (Phi) is 4.80. The number of aliphatic hydroxyl groups excluding tert-OH is 4. The van der Waals surface area contributed by atoms with Crippen LogP contribution in [0.4, 0.5) is 0 Å². The number of hydrogen-bond acceptors (Lipinski definition) is 7. The largest absolute Gasteiger partial charge is 0.394 e. The molecular weight excluding hydrogens is 238 g/mol. The number of aliphatic hydroxyl groups is 4. The zero-order valence-electron chi connectivity index (χ0n) is 8.28. The normalized spacial score (nSPS) is 39.4. The van der Waals surface area contributed by atoms with E-state index in [1.165, 1.54) is 0 Å². The third kappa shape index (κ3) is 2.98. The molecular formula is C7H15N3O5S. The second-order valence-corrected chi connectivity index (χ2v) is 3.82. The van der Waals surface area contributed by atoms with E-state index in [1.54, 1.807) is 0 Å². The molecule has 1 aliphatic rings. The van der Waals surface area contributed by atoms with Crippen molar-refractivity contribution in [3.05, 3.63) is 0 Å². The maximum Gasteiger partial charge on any atom is 0.178 e. The van der Waals surface area contributed by atoms with E-state index in [1.807, 2.05) is 0 Å². The number of hydrogen-bond donors (Lipinski definition) is 7. The first-order chi connectivity index (χ1) is 7.47. The Bertz CT molecular complexity index is 254. The van der Waals surface area contributed by atoms with Crippen molar-refractivity contribution < 1.29 is 25.2 Å². The van der Waals surface area contributed by atoms with E-state index < -0.39 is 37.3 Å². The molecule has 0 bridgehead atoms. The molecule has 8 nitrogen and oxygen atoms in total. The first-order valence-corrected chi connectivity index (χ1v) is 4.99. The van der Waals surface area contributed by atoms with Gasteiger partial charge < -0.3 is 30.9 Å². The second-order valence-electron chi connectivity index (χ2n) is 3.38. The summed E-state index contributed by atoms with van der Waals surface area (Å²) >= 11 is 4.52. The van der Waals surface area contributed by atoms with Crippen molar-refractivity contribution in [2.45, 2.75) is 30.6 Å². The molecule has 16 heavy (non-hydrogen) atoms. The van der Waals surface area contributed by atoms with Gasteiger partial charge in [0.15, 0.2) is 11.3 Å². The summed E-state index contributed by atoms with van der Waals surface area (Å²) in [5.41, 5.74) is 9.88. The highest BCUT2D eigenvalue weighted by Gasteiger charge is 2.43. The molecule has 0 aliphatic carbocycles. The molecule has 5 atom stereocenters. The lowest BCUT2D eigenvalue weighted by molar-refractivity contribution is -0.238. The van der Waals surface area contributed by atoms with Crippen molar-refractivity contribution in [1.29, 1.82) is 0 Å². The van der Waals surface area contributed by atoms with E-state index in [2.05, 4.69) is 23.1 Å². The van der Waals surface area contributed by atoms with Crippen LogP contribution in [0.25, 0.3) is 0 Å². The number of thiocarbonyl (C=S) groups is 1. The summed E-state index contributed by atoms with van der Waals surface area (Å²) in [5, 5.41) is 37.2. The van der Waals surface area contributed by atoms with Crippen molar-refractivity contribution in [3.63, 3.8) is 0 Å². The molecule has 94 valence electrons. The topological polar surface area (TPSA) is 140 Å². The third-order valence-corrected chi connectivity index (χ3v) is 2.33. The van der Waals surface area contributed by atoms with Crippen molar-refractivity contribution in [3.8, 4) is 0 Å². The Hall–Kier alpha value is -0.550. The molecule has 0 spiro atoms. The fourth-order valence-electron chi connectivity index (χ4n) is 1.36. The minimum absolute atomic E-state index is 0.0723. The number of nitrogens with one attached hydrogen (secondary N) is 2. The van der Waals surface area contributed by atoms with Crippen LogP contribution >= 0.6 is 12.2 Å². The number of nitrogens with two attached hydrogens (primary N) is 1. The van der Waals surface area contributed by atoms with E-state index in [0.29, 0.717) is 0 Å². The summed E-state index contributed by atoms with van der Waals surface area (Å²) in [6, 6.07) is 0. The molecule has 9 heteroatoms. The van der Waals surface area contributed by atoms with Crippen LogP contribution in [0.3, 0.4) is 0 Å². The lowest BCUT2D eigenvalue weighted by Gasteiger charge is -2.40. The van der Waals surface area contributed by atoms with Gasteiger partial charge in [-0.1, -0.05) is 0 Å². The minimum Gasteiger partial charge on any atom is -0.394 e. The summed E-state index contributed by atoms with van der Waals surface area (Å²) in [6.07, 6.45) is -6.21. The summed E-state index contributed by atoms with van der Waals surface area (Å²) < 4.78 is 5.08. The molecule has 8 N–H and O–H groups in total. The predicted molar refractivity (Wildman–Crippen MR) is 56.8 cm³/mol. The average molecular weight is 253 g/mol. The highest BCUT2D eigenvalue weighted by molar-refractivity contribution is 7.80. The number of rotatable bonds is 3. The lowest BCUT2D eigenvalue weighted by atomic mass is 9.99. The fourth-order valence-corrected chi connectivity index (χ4v) is 1.42. The van der Waals surface area contributed by atoms with Gasteiger partial charge in [0.05, 0.1) is 6.61 Å².